The quantitative estimate of drug-likeness (QED) is 0.865. The van der Waals surface area contributed by atoms with E-state index in [2.05, 4.69) is 17.3 Å². The molecule has 1 amide bonds. The van der Waals surface area contributed by atoms with Gasteiger partial charge in [-0.3, -0.25) is 4.79 Å². The molecule has 0 spiro atoms. The molecule has 5 heteroatoms. The van der Waals surface area contributed by atoms with Crippen molar-refractivity contribution in [1.82, 2.24) is 10.1 Å². The van der Waals surface area contributed by atoms with E-state index < -0.39 is 0 Å². The normalized spacial score (nSPS) is 21.0. The van der Waals surface area contributed by atoms with Crippen LogP contribution in [-0.4, -0.2) is 35.2 Å². The summed E-state index contributed by atoms with van der Waals surface area (Å²) in [5.74, 6) is 0.962. The van der Waals surface area contributed by atoms with Crippen molar-refractivity contribution in [3.05, 3.63) is 52.9 Å². The third-order valence-corrected chi connectivity index (χ3v) is 4.55. The summed E-state index contributed by atoms with van der Waals surface area (Å²) in [5.41, 5.74) is 3.04. The maximum atomic E-state index is 12.7. The molecule has 1 aromatic heterocycles. The van der Waals surface area contributed by atoms with E-state index in [1.54, 1.807) is 0 Å². The minimum absolute atomic E-state index is 0.0342. The number of hydrogen-bond donors (Lipinski definition) is 0. The average molecular weight is 328 g/mol. The van der Waals surface area contributed by atoms with E-state index in [0.717, 1.165) is 22.6 Å². The summed E-state index contributed by atoms with van der Waals surface area (Å²) in [4.78, 5) is 14.6. The molecule has 0 saturated carbocycles. The summed E-state index contributed by atoms with van der Waals surface area (Å²) < 4.78 is 11.2. The van der Waals surface area contributed by atoms with Crippen molar-refractivity contribution in [1.29, 1.82) is 0 Å². The minimum Gasteiger partial charge on any atom is -0.367 e. The van der Waals surface area contributed by atoms with Crippen LogP contribution in [0.4, 0.5) is 0 Å². The van der Waals surface area contributed by atoms with Gasteiger partial charge in [0.25, 0.3) is 0 Å². The van der Waals surface area contributed by atoms with E-state index >= 15 is 0 Å². The number of carbonyl (C=O) groups excluding carboxylic acids is 1. The Balaban J connectivity index is 1.64. The Morgan fingerprint density at radius 3 is 2.67 bits per heavy atom. The number of nitrogens with zero attached hydrogens (tertiary/aromatic N) is 2. The van der Waals surface area contributed by atoms with E-state index in [4.69, 9.17) is 9.26 Å². The SMILES string of the molecule is Cc1noc(C)c1CCC(=O)N1C[C@@H](C)O[C@@H](c2ccccc2)C1. The first-order valence-corrected chi connectivity index (χ1v) is 8.44. The van der Waals surface area contributed by atoms with E-state index in [1.807, 2.05) is 43.9 Å². The van der Waals surface area contributed by atoms with Gasteiger partial charge < -0.3 is 14.2 Å². The van der Waals surface area contributed by atoms with E-state index in [0.29, 0.717) is 25.9 Å². The first kappa shape index (κ1) is 16.7. The summed E-state index contributed by atoms with van der Waals surface area (Å²) in [6.07, 6.45) is 1.11. The summed E-state index contributed by atoms with van der Waals surface area (Å²) >= 11 is 0. The zero-order valence-corrected chi connectivity index (χ0v) is 14.5. The van der Waals surface area contributed by atoms with Gasteiger partial charge in [-0.25, -0.2) is 0 Å². The molecular weight excluding hydrogens is 304 g/mol. The zero-order valence-electron chi connectivity index (χ0n) is 14.5. The van der Waals surface area contributed by atoms with Crippen molar-refractivity contribution in [2.75, 3.05) is 13.1 Å². The fourth-order valence-electron chi connectivity index (χ4n) is 3.26. The summed E-state index contributed by atoms with van der Waals surface area (Å²) in [6.45, 7) is 7.07. The van der Waals surface area contributed by atoms with Gasteiger partial charge in [-0.2, -0.15) is 0 Å². The number of rotatable bonds is 4. The zero-order chi connectivity index (χ0) is 17.1. The number of amides is 1. The fraction of sp³-hybridized carbons (Fsp3) is 0.474. The lowest BCUT2D eigenvalue weighted by Crippen LogP contribution is -2.46. The molecule has 1 saturated heterocycles. The standard InChI is InChI=1S/C19H24N2O3/c1-13-11-21(12-18(23-13)16-7-5-4-6-8-16)19(22)10-9-17-14(2)20-24-15(17)3/h4-8,13,18H,9-12H2,1-3H3/t13-,18-/m1/s1. The van der Waals surface area contributed by atoms with Crippen molar-refractivity contribution >= 4 is 5.91 Å². The van der Waals surface area contributed by atoms with Gasteiger partial charge in [0.15, 0.2) is 0 Å². The molecule has 0 N–H and O–H groups in total. The molecule has 3 rings (SSSR count). The van der Waals surface area contributed by atoms with Crippen LogP contribution in [0.1, 0.15) is 42.0 Å². The van der Waals surface area contributed by atoms with Crippen molar-refractivity contribution in [3.63, 3.8) is 0 Å². The van der Waals surface area contributed by atoms with Crippen LogP contribution in [0.3, 0.4) is 0 Å². The number of carbonyl (C=O) groups is 1. The van der Waals surface area contributed by atoms with Gasteiger partial charge >= 0.3 is 0 Å². The van der Waals surface area contributed by atoms with Gasteiger partial charge in [0.1, 0.15) is 11.9 Å². The molecule has 1 aliphatic heterocycles. The Morgan fingerprint density at radius 2 is 2.00 bits per heavy atom. The number of ether oxygens (including phenoxy) is 1. The highest BCUT2D eigenvalue weighted by atomic mass is 16.5. The highest BCUT2D eigenvalue weighted by molar-refractivity contribution is 5.76. The van der Waals surface area contributed by atoms with Gasteiger partial charge in [0.2, 0.25) is 5.91 Å². The Bertz CT molecular complexity index is 676. The van der Waals surface area contributed by atoms with Crippen LogP contribution in [0.2, 0.25) is 0 Å². The first-order valence-electron chi connectivity index (χ1n) is 8.44. The monoisotopic (exact) mass is 328 g/mol. The number of hydrogen-bond acceptors (Lipinski definition) is 4. The second-order valence-electron chi connectivity index (χ2n) is 6.45. The van der Waals surface area contributed by atoms with Gasteiger partial charge in [0, 0.05) is 18.5 Å². The van der Waals surface area contributed by atoms with Crippen molar-refractivity contribution in [2.24, 2.45) is 0 Å². The average Bonchev–Trinajstić information content (AvgIpc) is 2.91. The summed E-state index contributed by atoms with van der Waals surface area (Å²) in [7, 11) is 0. The molecule has 0 radical (unpaired) electrons. The molecule has 128 valence electrons. The molecule has 2 heterocycles. The predicted octanol–water partition coefficient (Wildman–Crippen LogP) is 3.21. The lowest BCUT2D eigenvalue weighted by molar-refractivity contribution is -0.144. The molecule has 1 aromatic carbocycles. The Labute approximate surface area is 142 Å². The van der Waals surface area contributed by atoms with E-state index in [-0.39, 0.29) is 18.1 Å². The fourth-order valence-corrected chi connectivity index (χ4v) is 3.26. The second-order valence-corrected chi connectivity index (χ2v) is 6.45. The van der Waals surface area contributed by atoms with Crippen molar-refractivity contribution in [2.45, 2.75) is 45.8 Å². The smallest absolute Gasteiger partial charge is 0.223 e. The number of benzene rings is 1. The van der Waals surface area contributed by atoms with E-state index in [9.17, 15) is 4.79 Å². The van der Waals surface area contributed by atoms with Gasteiger partial charge in [-0.05, 0) is 32.8 Å². The minimum atomic E-state index is -0.0574. The van der Waals surface area contributed by atoms with Crippen LogP contribution in [0, 0.1) is 13.8 Å². The van der Waals surface area contributed by atoms with Gasteiger partial charge in [-0.15, -0.1) is 0 Å². The molecule has 0 aliphatic carbocycles. The Morgan fingerprint density at radius 1 is 1.25 bits per heavy atom. The summed E-state index contributed by atoms with van der Waals surface area (Å²) in [6, 6.07) is 10.1. The highest BCUT2D eigenvalue weighted by Gasteiger charge is 2.29. The van der Waals surface area contributed by atoms with Gasteiger partial charge in [0.05, 0.1) is 18.3 Å². The topological polar surface area (TPSA) is 55.6 Å². The molecule has 24 heavy (non-hydrogen) atoms. The van der Waals surface area contributed by atoms with Gasteiger partial charge in [-0.1, -0.05) is 35.5 Å². The van der Waals surface area contributed by atoms with Crippen LogP contribution >= 0.6 is 0 Å². The molecule has 0 bridgehead atoms. The van der Waals surface area contributed by atoms with Crippen LogP contribution in [0.25, 0.3) is 0 Å². The second kappa shape index (κ2) is 7.18. The molecule has 2 aromatic rings. The number of aromatic nitrogens is 1. The molecule has 1 aliphatic rings. The molecule has 1 fully saturated rings. The lowest BCUT2D eigenvalue weighted by Gasteiger charge is -2.37. The summed E-state index contributed by atoms with van der Waals surface area (Å²) in [5, 5.41) is 3.95. The molecular formula is C19H24N2O3. The van der Waals surface area contributed by atoms with Crippen LogP contribution < -0.4 is 0 Å². The molecule has 5 nitrogen and oxygen atoms in total. The Kier molecular flexibility index (Phi) is 5.00. The van der Waals surface area contributed by atoms with Crippen LogP contribution in [0.5, 0.6) is 0 Å². The van der Waals surface area contributed by atoms with Crippen LogP contribution in [-0.2, 0) is 16.0 Å². The highest BCUT2D eigenvalue weighted by Crippen LogP contribution is 2.26. The maximum absolute atomic E-state index is 12.7. The first-order chi connectivity index (χ1) is 11.5. The van der Waals surface area contributed by atoms with Crippen molar-refractivity contribution in [3.8, 4) is 0 Å². The number of morpholine rings is 1. The third-order valence-electron chi connectivity index (χ3n) is 4.55. The third kappa shape index (κ3) is 3.67. The maximum Gasteiger partial charge on any atom is 0.223 e. The molecule has 2 atom stereocenters. The largest absolute Gasteiger partial charge is 0.367 e. The predicted molar refractivity (Wildman–Crippen MR) is 90.6 cm³/mol. The van der Waals surface area contributed by atoms with E-state index in [1.165, 1.54) is 0 Å². The Hall–Kier alpha value is -2.14. The van der Waals surface area contributed by atoms with Crippen LogP contribution in [0.15, 0.2) is 34.9 Å². The number of aryl methyl sites for hydroxylation is 2. The lowest BCUT2D eigenvalue weighted by atomic mass is 10.0. The molecule has 0 unspecified atom stereocenters. The van der Waals surface area contributed by atoms with Crippen molar-refractivity contribution < 1.29 is 14.1 Å².